The van der Waals surface area contributed by atoms with Gasteiger partial charge in [0.15, 0.2) is 0 Å². The van der Waals surface area contributed by atoms with Crippen molar-refractivity contribution in [2.45, 2.75) is 45.3 Å². The lowest BCUT2D eigenvalue weighted by molar-refractivity contribution is 0.0464. The van der Waals surface area contributed by atoms with E-state index in [2.05, 4.69) is 17.1 Å². The molecule has 0 bridgehead atoms. The van der Waals surface area contributed by atoms with E-state index in [1.165, 1.54) is 6.07 Å². The second-order valence-corrected chi connectivity index (χ2v) is 6.22. The highest BCUT2D eigenvalue weighted by atomic mass is 19.1. The Labute approximate surface area is 127 Å². The molecule has 1 unspecified atom stereocenters. The molecule has 4 heteroatoms. The number of hydrogen-bond acceptors (Lipinski definition) is 3. The zero-order valence-electron chi connectivity index (χ0n) is 13.3. The Hall–Kier alpha value is -1.13. The second-order valence-electron chi connectivity index (χ2n) is 6.22. The lowest BCUT2D eigenvalue weighted by atomic mass is 9.82. The first-order valence-corrected chi connectivity index (χ1v) is 7.93. The lowest BCUT2D eigenvalue weighted by Crippen LogP contribution is -2.37. The van der Waals surface area contributed by atoms with Gasteiger partial charge >= 0.3 is 0 Å². The maximum absolute atomic E-state index is 14.3. The summed E-state index contributed by atoms with van der Waals surface area (Å²) in [7, 11) is 2.01. The molecule has 1 aromatic rings. The molecule has 0 aromatic heterocycles. The topological polar surface area (TPSA) is 35.5 Å². The van der Waals surface area contributed by atoms with E-state index in [4.69, 9.17) is 0 Å². The number of aliphatic hydroxyl groups is 1. The van der Waals surface area contributed by atoms with Crippen molar-refractivity contribution in [1.82, 2.24) is 5.32 Å². The van der Waals surface area contributed by atoms with Gasteiger partial charge in [0, 0.05) is 30.9 Å². The van der Waals surface area contributed by atoms with Crippen LogP contribution in [0.4, 0.5) is 10.1 Å². The molecule has 1 aliphatic rings. The second kappa shape index (κ2) is 7.23. The minimum absolute atomic E-state index is 0.00409. The molecule has 0 aliphatic heterocycles. The first kappa shape index (κ1) is 16.2. The SMILES string of the molecule is CCCNC(C)c1c(F)cccc1N(C)CC1CC(O)C1. The number of aliphatic hydroxyl groups excluding tert-OH is 1. The summed E-state index contributed by atoms with van der Waals surface area (Å²) in [4.78, 5) is 2.12. The predicted molar refractivity (Wildman–Crippen MR) is 85.1 cm³/mol. The maximum atomic E-state index is 14.3. The van der Waals surface area contributed by atoms with Crippen LogP contribution in [0.5, 0.6) is 0 Å². The summed E-state index contributed by atoms with van der Waals surface area (Å²) in [6, 6.07) is 5.28. The number of rotatable bonds is 7. The molecule has 2 N–H and O–H groups in total. The van der Waals surface area contributed by atoms with Gasteiger partial charge in [-0.05, 0) is 50.8 Å². The Kier molecular flexibility index (Phi) is 5.59. The van der Waals surface area contributed by atoms with Crippen molar-refractivity contribution in [2.75, 3.05) is 25.0 Å². The third kappa shape index (κ3) is 3.95. The van der Waals surface area contributed by atoms with Crippen LogP contribution in [0.3, 0.4) is 0 Å². The summed E-state index contributed by atoms with van der Waals surface area (Å²) in [5.41, 5.74) is 1.70. The molecule has 0 amide bonds. The molecule has 0 radical (unpaired) electrons. The molecule has 1 aromatic carbocycles. The molecule has 0 spiro atoms. The number of halogens is 1. The van der Waals surface area contributed by atoms with E-state index in [9.17, 15) is 9.50 Å². The van der Waals surface area contributed by atoms with Crippen LogP contribution in [0.25, 0.3) is 0 Å². The van der Waals surface area contributed by atoms with Gasteiger partial charge in [-0.15, -0.1) is 0 Å². The fraction of sp³-hybridized carbons (Fsp3) is 0.647. The third-order valence-corrected chi connectivity index (χ3v) is 4.32. The maximum Gasteiger partial charge on any atom is 0.130 e. The number of nitrogens with zero attached hydrogens (tertiary/aromatic N) is 1. The molecule has 1 saturated carbocycles. The number of hydrogen-bond donors (Lipinski definition) is 2. The summed E-state index contributed by atoms with van der Waals surface area (Å²) in [6.07, 6.45) is 2.61. The Morgan fingerprint density at radius 2 is 2.14 bits per heavy atom. The van der Waals surface area contributed by atoms with Gasteiger partial charge in [0.25, 0.3) is 0 Å². The molecule has 0 heterocycles. The van der Waals surface area contributed by atoms with Gasteiger partial charge in [-0.2, -0.15) is 0 Å². The standard InChI is InChI=1S/C17H27FN2O/c1-4-8-19-12(2)17-15(18)6-5-7-16(17)20(3)11-13-9-14(21)10-13/h5-7,12-14,19,21H,4,8-11H2,1-3H3. The van der Waals surface area contributed by atoms with Gasteiger partial charge in [-0.1, -0.05) is 13.0 Å². The van der Waals surface area contributed by atoms with Crippen molar-refractivity contribution >= 4 is 5.69 Å². The van der Waals surface area contributed by atoms with Crippen LogP contribution in [-0.4, -0.2) is 31.3 Å². The van der Waals surface area contributed by atoms with E-state index < -0.39 is 0 Å². The zero-order chi connectivity index (χ0) is 15.4. The zero-order valence-corrected chi connectivity index (χ0v) is 13.3. The van der Waals surface area contributed by atoms with E-state index >= 15 is 0 Å². The fourth-order valence-corrected chi connectivity index (χ4v) is 3.09. The average molecular weight is 294 g/mol. The van der Waals surface area contributed by atoms with E-state index in [0.29, 0.717) is 5.92 Å². The molecule has 1 fully saturated rings. The van der Waals surface area contributed by atoms with Crippen molar-refractivity contribution in [2.24, 2.45) is 5.92 Å². The van der Waals surface area contributed by atoms with Crippen LogP contribution in [0.2, 0.25) is 0 Å². The number of nitrogens with one attached hydrogen (secondary N) is 1. The Morgan fingerprint density at radius 3 is 2.76 bits per heavy atom. The van der Waals surface area contributed by atoms with Crippen LogP contribution in [0.15, 0.2) is 18.2 Å². The highest BCUT2D eigenvalue weighted by Gasteiger charge is 2.29. The van der Waals surface area contributed by atoms with Gasteiger partial charge in [0.1, 0.15) is 5.82 Å². The minimum atomic E-state index is -0.149. The number of anilines is 1. The van der Waals surface area contributed by atoms with Gasteiger partial charge in [0.05, 0.1) is 6.10 Å². The summed E-state index contributed by atoms with van der Waals surface area (Å²) in [5, 5.41) is 12.8. The average Bonchev–Trinajstić information content (AvgIpc) is 2.42. The molecule has 0 saturated heterocycles. The Morgan fingerprint density at radius 1 is 1.43 bits per heavy atom. The quantitative estimate of drug-likeness (QED) is 0.811. The van der Waals surface area contributed by atoms with Crippen molar-refractivity contribution in [3.05, 3.63) is 29.6 Å². The third-order valence-electron chi connectivity index (χ3n) is 4.32. The smallest absolute Gasteiger partial charge is 0.130 e. The molecule has 118 valence electrons. The van der Waals surface area contributed by atoms with Crippen LogP contribution >= 0.6 is 0 Å². The summed E-state index contributed by atoms with van der Waals surface area (Å²) >= 11 is 0. The van der Waals surface area contributed by atoms with Crippen LogP contribution in [0, 0.1) is 11.7 Å². The van der Waals surface area contributed by atoms with Gasteiger partial charge < -0.3 is 15.3 Å². The van der Waals surface area contributed by atoms with E-state index in [-0.39, 0.29) is 18.0 Å². The molecule has 3 nitrogen and oxygen atoms in total. The van der Waals surface area contributed by atoms with E-state index in [1.54, 1.807) is 6.07 Å². The highest BCUT2D eigenvalue weighted by Crippen LogP contribution is 2.32. The largest absolute Gasteiger partial charge is 0.393 e. The van der Waals surface area contributed by atoms with Crippen molar-refractivity contribution in [3.8, 4) is 0 Å². The first-order valence-electron chi connectivity index (χ1n) is 7.93. The van der Waals surface area contributed by atoms with Crippen LogP contribution < -0.4 is 10.2 Å². The highest BCUT2D eigenvalue weighted by molar-refractivity contribution is 5.55. The molecular formula is C17H27FN2O. The monoisotopic (exact) mass is 294 g/mol. The predicted octanol–water partition coefficient (Wildman–Crippen LogP) is 3.09. The minimum Gasteiger partial charge on any atom is -0.393 e. The van der Waals surface area contributed by atoms with E-state index in [0.717, 1.165) is 43.6 Å². The fourth-order valence-electron chi connectivity index (χ4n) is 3.09. The summed E-state index contributed by atoms with van der Waals surface area (Å²) in [5.74, 6) is 0.365. The molecule has 2 rings (SSSR count). The summed E-state index contributed by atoms with van der Waals surface area (Å²) in [6.45, 7) is 5.87. The lowest BCUT2D eigenvalue weighted by Gasteiger charge is -2.36. The van der Waals surface area contributed by atoms with Crippen molar-refractivity contribution in [1.29, 1.82) is 0 Å². The van der Waals surface area contributed by atoms with Crippen LogP contribution in [-0.2, 0) is 0 Å². The van der Waals surface area contributed by atoms with Crippen molar-refractivity contribution < 1.29 is 9.50 Å². The van der Waals surface area contributed by atoms with Crippen molar-refractivity contribution in [3.63, 3.8) is 0 Å². The van der Waals surface area contributed by atoms with Gasteiger partial charge in [-0.3, -0.25) is 0 Å². The van der Waals surface area contributed by atoms with Gasteiger partial charge in [-0.25, -0.2) is 4.39 Å². The summed E-state index contributed by atoms with van der Waals surface area (Å²) < 4.78 is 14.3. The number of benzene rings is 1. The molecule has 1 aliphatic carbocycles. The van der Waals surface area contributed by atoms with E-state index in [1.807, 2.05) is 20.0 Å². The normalized spacial score (nSPS) is 22.7. The first-order chi connectivity index (χ1) is 10.0. The molecular weight excluding hydrogens is 267 g/mol. The van der Waals surface area contributed by atoms with Crippen LogP contribution in [0.1, 0.15) is 44.7 Å². The van der Waals surface area contributed by atoms with Gasteiger partial charge in [0.2, 0.25) is 0 Å². The Bertz CT molecular complexity index is 460. The molecule has 21 heavy (non-hydrogen) atoms. The Balaban J connectivity index is 2.12. The molecule has 1 atom stereocenters.